The molecule has 0 amide bonds. The predicted molar refractivity (Wildman–Crippen MR) is 30.8 cm³/mol. The van der Waals surface area contributed by atoms with Crippen molar-refractivity contribution in [3.05, 3.63) is 23.5 Å². The summed E-state index contributed by atoms with van der Waals surface area (Å²) in [7, 11) is 0. The standard InChI is InChI=1S/C6H3F4NO/c7-3-2(5(8)9)1-11-6(10)4(3)12/h1,5,12H. The van der Waals surface area contributed by atoms with Gasteiger partial charge >= 0.3 is 0 Å². The summed E-state index contributed by atoms with van der Waals surface area (Å²) in [5, 5.41) is 8.49. The molecule has 1 heterocycles. The van der Waals surface area contributed by atoms with E-state index in [9.17, 15) is 17.6 Å². The Labute approximate surface area is 64.5 Å². The van der Waals surface area contributed by atoms with Crippen LogP contribution in [-0.4, -0.2) is 10.1 Å². The molecule has 0 unspecified atom stereocenters. The molecule has 0 spiro atoms. The number of aromatic hydroxyl groups is 1. The first-order valence-corrected chi connectivity index (χ1v) is 2.85. The van der Waals surface area contributed by atoms with Crippen molar-refractivity contribution >= 4 is 0 Å². The maximum atomic E-state index is 12.5. The van der Waals surface area contributed by atoms with Crippen LogP contribution in [0.2, 0.25) is 0 Å². The van der Waals surface area contributed by atoms with Crippen LogP contribution in [-0.2, 0) is 0 Å². The van der Waals surface area contributed by atoms with E-state index >= 15 is 0 Å². The number of nitrogens with zero attached hydrogens (tertiary/aromatic N) is 1. The average Bonchev–Trinajstić information content (AvgIpc) is 2.00. The van der Waals surface area contributed by atoms with E-state index in [0.29, 0.717) is 6.20 Å². The molecule has 2 nitrogen and oxygen atoms in total. The molecule has 0 saturated heterocycles. The van der Waals surface area contributed by atoms with E-state index in [1.54, 1.807) is 0 Å². The van der Waals surface area contributed by atoms with Gasteiger partial charge in [0.15, 0.2) is 5.82 Å². The normalized spacial score (nSPS) is 10.8. The number of hydrogen-bond acceptors (Lipinski definition) is 2. The van der Waals surface area contributed by atoms with Crippen molar-refractivity contribution < 1.29 is 22.7 Å². The summed E-state index contributed by atoms with van der Waals surface area (Å²) in [6.07, 6.45) is -2.78. The first-order valence-electron chi connectivity index (χ1n) is 2.85. The third-order valence-corrected chi connectivity index (χ3v) is 1.21. The van der Waals surface area contributed by atoms with Gasteiger partial charge in [-0.05, 0) is 0 Å². The summed E-state index contributed by atoms with van der Waals surface area (Å²) in [5.41, 5.74) is -1.12. The lowest BCUT2D eigenvalue weighted by atomic mass is 10.2. The Bertz CT molecular complexity index is 302. The van der Waals surface area contributed by atoms with Gasteiger partial charge in [0, 0.05) is 6.20 Å². The summed E-state index contributed by atoms with van der Waals surface area (Å²) in [5.74, 6) is -4.65. The van der Waals surface area contributed by atoms with Crippen molar-refractivity contribution in [1.82, 2.24) is 4.98 Å². The summed E-state index contributed by atoms with van der Waals surface area (Å²) >= 11 is 0. The lowest BCUT2D eigenvalue weighted by molar-refractivity contribution is 0.144. The second-order valence-electron chi connectivity index (χ2n) is 1.97. The molecule has 1 rings (SSSR count). The molecule has 6 heteroatoms. The molecule has 0 saturated carbocycles. The molecule has 0 aromatic carbocycles. The molecule has 1 aromatic rings. The average molecular weight is 181 g/mol. The predicted octanol–water partition coefficient (Wildman–Crippen LogP) is 2.00. The van der Waals surface area contributed by atoms with E-state index in [0.717, 1.165) is 0 Å². The van der Waals surface area contributed by atoms with E-state index in [-0.39, 0.29) is 0 Å². The Morgan fingerprint density at radius 3 is 2.42 bits per heavy atom. The van der Waals surface area contributed by atoms with Gasteiger partial charge in [0.1, 0.15) is 0 Å². The zero-order valence-electron chi connectivity index (χ0n) is 5.56. The van der Waals surface area contributed by atoms with Crippen molar-refractivity contribution in [2.24, 2.45) is 0 Å². The maximum absolute atomic E-state index is 12.5. The van der Waals surface area contributed by atoms with Crippen LogP contribution in [0.5, 0.6) is 5.75 Å². The lowest BCUT2D eigenvalue weighted by Gasteiger charge is -2.02. The van der Waals surface area contributed by atoms with Gasteiger partial charge in [0.2, 0.25) is 5.75 Å². The fraction of sp³-hybridized carbons (Fsp3) is 0.167. The number of aromatic nitrogens is 1. The molecule has 0 aliphatic rings. The van der Waals surface area contributed by atoms with Crippen molar-refractivity contribution in [2.45, 2.75) is 6.43 Å². The molecule has 1 aromatic heterocycles. The minimum Gasteiger partial charge on any atom is -0.502 e. The lowest BCUT2D eigenvalue weighted by Crippen LogP contribution is -1.96. The molecule has 0 radical (unpaired) electrons. The van der Waals surface area contributed by atoms with Gasteiger partial charge in [-0.3, -0.25) is 0 Å². The molecule has 0 atom stereocenters. The van der Waals surface area contributed by atoms with Crippen LogP contribution in [0, 0.1) is 11.8 Å². The summed E-state index contributed by atoms with van der Waals surface area (Å²) in [4.78, 5) is 2.72. The highest BCUT2D eigenvalue weighted by Gasteiger charge is 2.19. The van der Waals surface area contributed by atoms with Crippen LogP contribution in [0.4, 0.5) is 17.6 Å². The fourth-order valence-electron chi connectivity index (χ4n) is 0.623. The van der Waals surface area contributed by atoms with Crippen LogP contribution in [0.3, 0.4) is 0 Å². The van der Waals surface area contributed by atoms with Gasteiger partial charge in [-0.1, -0.05) is 0 Å². The smallest absolute Gasteiger partial charge is 0.268 e. The van der Waals surface area contributed by atoms with E-state index < -0.39 is 29.5 Å². The van der Waals surface area contributed by atoms with Crippen LogP contribution >= 0.6 is 0 Å². The molecule has 0 bridgehead atoms. The number of hydrogen-bond donors (Lipinski definition) is 1. The van der Waals surface area contributed by atoms with E-state index in [1.807, 2.05) is 0 Å². The van der Waals surface area contributed by atoms with Crippen molar-refractivity contribution in [2.75, 3.05) is 0 Å². The topological polar surface area (TPSA) is 33.1 Å². The highest BCUT2D eigenvalue weighted by Crippen LogP contribution is 2.27. The van der Waals surface area contributed by atoms with Crippen LogP contribution in [0.25, 0.3) is 0 Å². The second kappa shape index (κ2) is 2.96. The van der Waals surface area contributed by atoms with E-state index in [2.05, 4.69) is 4.98 Å². The molecular formula is C6H3F4NO. The first-order chi connectivity index (χ1) is 5.54. The monoisotopic (exact) mass is 181 g/mol. The zero-order chi connectivity index (χ0) is 9.30. The number of halogens is 4. The molecule has 0 aliphatic carbocycles. The Morgan fingerprint density at radius 1 is 1.33 bits per heavy atom. The largest absolute Gasteiger partial charge is 0.502 e. The van der Waals surface area contributed by atoms with Crippen LogP contribution in [0.1, 0.15) is 12.0 Å². The van der Waals surface area contributed by atoms with Crippen molar-refractivity contribution in [1.29, 1.82) is 0 Å². The Balaban J connectivity index is 3.27. The molecule has 0 fully saturated rings. The van der Waals surface area contributed by atoms with Crippen molar-refractivity contribution in [3.63, 3.8) is 0 Å². The molecule has 66 valence electrons. The minimum absolute atomic E-state index is 0.342. The SMILES string of the molecule is Oc1c(F)ncc(C(F)F)c1F. The van der Waals surface area contributed by atoms with Gasteiger partial charge in [-0.25, -0.2) is 18.2 Å². The highest BCUT2D eigenvalue weighted by molar-refractivity contribution is 5.27. The van der Waals surface area contributed by atoms with E-state index in [4.69, 9.17) is 5.11 Å². The molecule has 1 N–H and O–H groups in total. The number of pyridine rings is 1. The summed E-state index contributed by atoms with van der Waals surface area (Å²) in [6, 6.07) is 0. The molecule has 12 heavy (non-hydrogen) atoms. The molecule has 0 aliphatic heterocycles. The zero-order valence-corrected chi connectivity index (χ0v) is 5.56. The fourth-order valence-corrected chi connectivity index (χ4v) is 0.623. The quantitative estimate of drug-likeness (QED) is 0.531. The highest BCUT2D eigenvalue weighted by atomic mass is 19.3. The van der Waals surface area contributed by atoms with Gasteiger partial charge in [-0.2, -0.15) is 4.39 Å². The van der Waals surface area contributed by atoms with Crippen LogP contribution < -0.4 is 0 Å². The van der Waals surface area contributed by atoms with Gasteiger partial charge in [0.25, 0.3) is 12.4 Å². The van der Waals surface area contributed by atoms with Crippen molar-refractivity contribution in [3.8, 4) is 5.75 Å². The van der Waals surface area contributed by atoms with Gasteiger partial charge in [0.05, 0.1) is 5.56 Å². The van der Waals surface area contributed by atoms with E-state index in [1.165, 1.54) is 0 Å². The molecular weight excluding hydrogens is 178 g/mol. The van der Waals surface area contributed by atoms with Crippen LogP contribution in [0.15, 0.2) is 6.20 Å². The number of alkyl halides is 2. The Hall–Kier alpha value is -1.33. The van der Waals surface area contributed by atoms with Gasteiger partial charge in [-0.15, -0.1) is 0 Å². The maximum Gasteiger partial charge on any atom is 0.268 e. The van der Waals surface area contributed by atoms with Gasteiger partial charge < -0.3 is 5.11 Å². The minimum atomic E-state index is -3.12. The Morgan fingerprint density at radius 2 is 1.92 bits per heavy atom. The number of rotatable bonds is 1. The second-order valence-corrected chi connectivity index (χ2v) is 1.97. The first kappa shape index (κ1) is 8.76. The third kappa shape index (κ3) is 1.32. The Kier molecular flexibility index (Phi) is 2.16. The third-order valence-electron chi connectivity index (χ3n) is 1.21. The summed E-state index contributed by atoms with van der Waals surface area (Å²) in [6.45, 7) is 0. The summed E-state index contributed by atoms with van der Waals surface area (Å²) < 4.78 is 48.3.